The summed E-state index contributed by atoms with van der Waals surface area (Å²) in [4.78, 5) is 4.52. The molecule has 94 valence electrons. The summed E-state index contributed by atoms with van der Waals surface area (Å²) < 4.78 is 13.6. The van der Waals surface area contributed by atoms with E-state index in [1.807, 2.05) is 0 Å². The molecule has 2 aromatic rings. The molecule has 1 aliphatic carbocycles. The first-order valence-electron chi connectivity index (χ1n) is 6.12. The maximum atomic E-state index is 13.2. The molecule has 1 heterocycles. The lowest BCUT2D eigenvalue weighted by molar-refractivity contribution is 0.621. The summed E-state index contributed by atoms with van der Waals surface area (Å²) in [6, 6.07) is 4.82. The average molecular weight is 310 g/mol. The second kappa shape index (κ2) is 4.80. The normalized spacial score (nSPS) is 16.3. The van der Waals surface area contributed by atoms with E-state index in [-0.39, 0.29) is 5.82 Å². The number of aromatic nitrogens is 3. The standard InChI is InChI=1S/C13H13BrFN3/c14-10-7-9(5-6-11(10)15)13-16-12(17-18-13)8-3-1-2-4-8/h5-8H,1-4H2,(H,16,17,18). The van der Waals surface area contributed by atoms with Gasteiger partial charge in [-0.3, -0.25) is 5.10 Å². The molecule has 0 atom stereocenters. The van der Waals surface area contributed by atoms with E-state index in [1.165, 1.54) is 31.7 Å². The van der Waals surface area contributed by atoms with E-state index in [4.69, 9.17) is 0 Å². The lowest BCUT2D eigenvalue weighted by atomic mass is 10.1. The Balaban J connectivity index is 1.89. The minimum atomic E-state index is -0.273. The van der Waals surface area contributed by atoms with Crippen molar-refractivity contribution in [3.8, 4) is 11.4 Å². The van der Waals surface area contributed by atoms with Gasteiger partial charge in [0.25, 0.3) is 0 Å². The second-order valence-electron chi connectivity index (χ2n) is 4.65. The first kappa shape index (κ1) is 11.8. The van der Waals surface area contributed by atoms with Gasteiger partial charge in [-0.05, 0) is 47.0 Å². The van der Waals surface area contributed by atoms with Crippen LogP contribution in [0.5, 0.6) is 0 Å². The summed E-state index contributed by atoms with van der Waals surface area (Å²) in [6.45, 7) is 0. The Morgan fingerprint density at radius 2 is 2.06 bits per heavy atom. The summed E-state index contributed by atoms with van der Waals surface area (Å²) in [5.74, 6) is 1.83. The number of hydrogen-bond donors (Lipinski definition) is 1. The van der Waals surface area contributed by atoms with Crippen LogP contribution < -0.4 is 0 Å². The largest absolute Gasteiger partial charge is 0.262 e. The first-order chi connectivity index (χ1) is 8.74. The van der Waals surface area contributed by atoms with E-state index in [0.717, 1.165) is 11.4 Å². The summed E-state index contributed by atoms with van der Waals surface area (Å²) in [6.07, 6.45) is 4.90. The molecule has 3 nitrogen and oxygen atoms in total. The summed E-state index contributed by atoms with van der Waals surface area (Å²) in [7, 11) is 0. The summed E-state index contributed by atoms with van der Waals surface area (Å²) in [5, 5.41) is 7.23. The van der Waals surface area contributed by atoms with Crippen molar-refractivity contribution in [3.05, 3.63) is 34.3 Å². The van der Waals surface area contributed by atoms with E-state index in [0.29, 0.717) is 16.2 Å². The molecule has 0 saturated heterocycles. The van der Waals surface area contributed by atoms with E-state index in [2.05, 4.69) is 31.1 Å². The van der Waals surface area contributed by atoms with Crippen molar-refractivity contribution in [1.82, 2.24) is 15.2 Å². The highest BCUT2D eigenvalue weighted by molar-refractivity contribution is 9.10. The Labute approximate surface area is 113 Å². The topological polar surface area (TPSA) is 41.6 Å². The van der Waals surface area contributed by atoms with Crippen LogP contribution >= 0.6 is 15.9 Å². The number of benzene rings is 1. The molecule has 1 aliphatic rings. The number of H-pyrrole nitrogens is 1. The number of aromatic amines is 1. The fourth-order valence-corrected chi connectivity index (χ4v) is 2.80. The van der Waals surface area contributed by atoms with Crippen molar-refractivity contribution in [2.45, 2.75) is 31.6 Å². The third-order valence-electron chi connectivity index (χ3n) is 3.42. The molecule has 1 N–H and O–H groups in total. The molecule has 0 radical (unpaired) electrons. The second-order valence-corrected chi connectivity index (χ2v) is 5.51. The molecule has 0 unspecified atom stereocenters. The van der Waals surface area contributed by atoms with Gasteiger partial charge in [-0.2, -0.15) is 5.10 Å². The first-order valence-corrected chi connectivity index (χ1v) is 6.91. The Morgan fingerprint density at radius 3 is 2.78 bits per heavy atom. The van der Waals surface area contributed by atoms with Crippen molar-refractivity contribution in [3.63, 3.8) is 0 Å². The molecular formula is C13H13BrFN3. The van der Waals surface area contributed by atoms with Crippen LogP contribution in [-0.4, -0.2) is 15.2 Å². The minimum Gasteiger partial charge on any atom is -0.262 e. The molecule has 0 spiro atoms. The van der Waals surface area contributed by atoms with Crippen LogP contribution in [0, 0.1) is 5.82 Å². The highest BCUT2D eigenvalue weighted by Crippen LogP contribution is 2.33. The Morgan fingerprint density at radius 1 is 1.28 bits per heavy atom. The maximum absolute atomic E-state index is 13.2. The van der Waals surface area contributed by atoms with E-state index in [1.54, 1.807) is 12.1 Å². The monoisotopic (exact) mass is 309 g/mol. The predicted molar refractivity (Wildman–Crippen MR) is 70.7 cm³/mol. The van der Waals surface area contributed by atoms with E-state index >= 15 is 0 Å². The van der Waals surface area contributed by atoms with Gasteiger partial charge >= 0.3 is 0 Å². The van der Waals surface area contributed by atoms with Crippen LogP contribution in [0.4, 0.5) is 4.39 Å². The van der Waals surface area contributed by atoms with Crippen molar-refractivity contribution in [2.75, 3.05) is 0 Å². The van der Waals surface area contributed by atoms with Gasteiger partial charge in [-0.1, -0.05) is 12.8 Å². The molecule has 18 heavy (non-hydrogen) atoms. The number of hydrogen-bond acceptors (Lipinski definition) is 2. The van der Waals surface area contributed by atoms with Gasteiger partial charge in [0.1, 0.15) is 11.6 Å². The van der Waals surface area contributed by atoms with E-state index in [9.17, 15) is 4.39 Å². The Kier molecular flexibility index (Phi) is 3.16. The average Bonchev–Trinajstić information content (AvgIpc) is 3.01. The summed E-state index contributed by atoms with van der Waals surface area (Å²) in [5.41, 5.74) is 0.823. The molecule has 5 heteroatoms. The maximum Gasteiger partial charge on any atom is 0.181 e. The molecule has 3 rings (SSSR count). The lowest BCUT2D eigenvalue weighted by Crippen LogP contribution is -1.94. The van der Waals surface area contributed by atoms with Gasteiger partial charge in [0.2, 0.25) is 0 Å². The van der Waals surface area contributed by atoms with Crippen LogP contribution in [0.15, 0.2) is 22.7 Å². The predicted octanol–water partition coefficient (Wildman–Crippen LogP) is 4.03. The van der Waals surface area contributed by atoms with E-state index < -0.39 is 0 Å². The number of nitrogens with zero attached hydrogens (tertiary/aromatic N) is 2. The van der Waals surface area contributed by atoms with Crippen molar-refractivity contribution in [2.24, 2.45) is 0 Å². The van der Waals surface area contributed by atoms with Crippen LogP contribution in [0.1, 0.15) is 37.4 Å². The SMILES string of the molecule is Fc1ccc(-c2n[nH]c(C3CCCC3)n2)cc1Br. The number of halogens is 2. The van der Waals surface area contributed by atoms with Crippen molar-refractivity contribution < 1.29 is 4.39 Å². The number of rotatable bonds is 2. The molecule has 1 aromatic carbocycles. The van der Waals surface area contributed by atoms with Crippen molar-refractivity contribution in [1.29, 1.82) is 0 Å². The van der Waals surface area contributed by atoms with Gasteiger partial charge in [0.15, 0.2) is 5.82 Å². The highest BCUT2D eigenvalue weighted by Gasteiger charge is 2.21. The fraction of sp³-hybridized carbons (Fsp3) is 0.385. The van der Waals surface area contributed by atoms with Gasteiger partial charge in [0.05, 0.1) is 4.47 Å². The Hall–Kier alpha value is -1.23. The van der Waals surface area contributed by atoms with Gasteiger partial charge in [-0.15, -0.1) is 0 Å². The van der Waals surface area contributed by atoms with Gasteiger partial charge in [0, 0.05) is 11.5 Å². The molecule has 0 aliphatic heterocycles. The van der Waals surface area contributed by atoms with Gasteiger partial charge < -0.3 is 0 Å². The third kappa shape index (κ3) is 2.19. The molecule has 0 bridgehead atoms. The van der Waals surface area contributed by atoms with Crippen LogP contribution in [0.2, 0.25) is 0 Å². The minimum absolute atomic E-state index is 0.273. The molecule has 1 fully saturated rings. The van der Waals surface area contributed by atoms with Crippen molar-refractivity contribution >= 4 is 15.9 Å². The van der Waals surface area contributed by atoms with Crippen LogP contribution in [-0.2, 0) is 0 Å². The lowest BCUT2D eigenvalue weighted by Gasteiger charge is -2.02. The summed E-state index contributed by atoms with van der Waals surface area (Å²) >= 11 is 3.18. The molecule has 1 aromatic heterocycles. The Bertz CT molecular complexity index is 561. The molecular weight excluding hydrogens is 297 g/mol. The zero-order chi connectivity index (χ0) is 12.5. The zero-order valence-electron chi connectivity index (χ0n) is 9.79. The zero-order valence-corrected chi connectivity index (χ0v) is 11.4. The third-order valence-corrected chi connectivity index (χ3v) is 4.03. The smallest absolute Gasteiger partial charge is 0.181 e. The van der Waals surface area contributed by atoms with Crippen LogP contribution in [0.3, 0.4) is 0 Å². The molecule has 0 amide bonds. The highest BCUT2D eigenvalue weighted by atomic mass is 79.9. The van der Waals surface area contributed by atoms with Crippen LogP contribution in [0.25, 0.3) is 11.4 Å². The molecule has 1 saturated carbocycles. The number of nitrogens with one attached hydrogen (secondary N) is 1. The fourth-order valence-electron chi connectivity index (χ4n) is 2.42. The van der Waals surface area contributed by atoms with Gasteiger partial charge in [-0.25, -0.2) is 9.37 Å². The quantitative estimate of drug-likeness (QED) is 0.910.